The highest BCUT2D eigenvalue weighted by molar-refractivity contribution is 5.68. The molecule has 0 aromatic heterocycles. The maximum absolute atomic E-state index is 10.8. The van der Waals surface area contributed by atoms with Gasteiger partial charge in [0.15, 0.2) is 0 Å². The topological polar surface area (TPSA) is 76.1 Å². The van der Waals surface area contributed by atoms with Gasteiger partial charge in [-0.3, -0.25) is 0 Å². The van der Waals surface area contributed by atoms with Crippen LogP contribution in [0.2, 0.25) is 0 Å². The molecule has 0 radical (unpaired) electrons. The van der Waals surface area contributed by atoms with Crippen molar-refractivity contribution in [3.8, 4) is 0 Å². The molecule has 1 N–H and O–H groups in total. The van der Waals surface area contributed by atoms with Crippen molar-refractivity contribution in [3.05, 3.63) is 0 Å². The van der Waals surface area contributed by atoms with Crippen LogP contribution in [0.4, 0.5) is 4.79 Å². The highest BCUT2D eigenvalue weighted by Crippen LogP contribution is 1.87. The van der Waals surface area contributed by atoms with Crippen molar-refractivity contribution in [1.29, 1.82) is 0 Å². The number of nitrogens with zero attached hydrogens (tertiary/aromatic N) is 1. The van der Waals surface area contributed by atoms with Crippen molar-refractivity contribution >= 4 is 12.1 Å². The fraction of sp³-hybridized carbons (Fsp3) is 0.714. The minimum absolute atomic E-state index is 0.178. The molecule has 0 unspecified atom stereocenters. The molecule has 0 aromatic carbocycles. The van der Waals surface area contributed by atoms with E-state index in [2.05, 4.69) is 4.74 Å². The van der Waals surface area contributed by atoms with Gasteiger partial charge in [-0.15, -0.1) is 0 Å². The minimum atomic E-state index is -1.03. The van der Waals surface area contributed by atoms with Crippen LogP contribution in [0.3, 0.4) is 0 Å². The third-order valence-corrected chi connectivity index (χ3v) is 1.28. The van der Waals surface area contributed by atoms with E-state index in [0.29, 0.717) is 6.54 Å². The minimum Gasteiger partial charge on any atom is -0.480 e. The van der Waals surface area contributed by atoms with E-state index in [9.17, 15) is 9.59 Å². The largest absolute Gasteiger partial charge is 0.480 e. The Balaban J connectivity index is 3.42. The third kappa shape index (κ3) is 5.92. The molecular formula is C7H13NO5. The average molecular weight is 191 g/mol. The van der Waals surface area contributed by atoms with Crippen LogP contribution < -0.4 is 0 Å². The van der Waals surface area contributed by atoms with E-state index >= 15 is 0 Å². The van der Waals surface area contributed by atoms with Gasteiger partial charge in [-0.05, 0) is 0 Å². The Morgan fingerprint density at radius 1 is 1.46 bits per heavy atom. The van der Waals surface area contributed by atoms with Crippen LogP contribution in [0.15, 0.2) is 0 Å². The van der Waals surface area contributed by atoms with Crippen molar-refractivity contribution in [2.45, 2.75) is 0 Å². The van der Waals surface area contributed by atoms with Crippen LogP contribution in [0.1, 0.15) is 0 Å². The first-order chi connectivity index (χ1) is 6.07. The van der Waals surface area contributed by atoms with Crippen LogP contribution in [-0.4, -0.2) is 56.0 Å². The maximum Gasteiger partial charge on any atom is 0.409 e. The van der Waals surface area contributed by atoms with Crippen LogP contribution in [0.25, 0.3) is 0 Å². The molecule has 0 saturated carbocycles. The molecule has 0 atom stereocenters. The first kappa shape index (κ1) is 11.7. The van der Waals surface area contributed by atoms with Gasteiger partial charge in [0, 0.05) is 13.6 Å². The number of methoxy groups -OCH3 is 1. The zero-order valence-electron chi connectivity index (χ0n) is 7.65. The number of rotatable bonds is 5. The molecule has 0 aliphatic rings. The van der Waals surface area contributed by atoms with Crippen molar-refractivity contribution < 1.29 is 24.2 Å². The molecule has 0 saturated heterocycles. The summed E-state index contributed by atoms with van der Waals surface area (Å²) in [5.41, 5.74) is 0. The predicted octanol–water partition coefficient (Wildman–Crippen LogP) is -0.214. The Labute approximate surface area is 76.0 Å². The summed E-state index contributed by atoms with van der Waals surface area (Å²) in [6.45, 7) is 0.132. The van der Waals surface area contributed by atoms with Gasteiger partial charge in [-0.2, -0.15) is 0 Å². The van der Waals surface area contributed by atoms with E-state index in [1.54, 1.807) is 0 Å². The lowest BCUT2D eigenvalue weighted by atomic mass is 10.6. The summed E-state index contributed by atoms with van der Waals surface area (Å²) in [5.74, 6) is -1.03. The Morgan fingerprint density at radius 3 is 2.54 bits per heavy atom. The summed E-state index contributed by atoms with van der Waals surface area (Å²) in [7, 11) is 2.81. The van der Waals surface area contributed by atoms with Crippen molar-refractivity contribution in [3.63, 3.8) is 0 Å². The lowest BCUT2D eigenvalue weighted by Gasteiger charge is -2.14. The van der Waals surface area contributed by atoms with Crippen molar-refractivity contribution in [1.82, 2.24) is 4.90 Å². The highest BCUT2D eigenvalue weighted by Gasteiger charge is 2.06. The van der Waals surface area contributed by atoms with E-state index in [0.717, 1.165) is 0 Å². The molecule has 0 aromatic rings. The molecule has 6 nitrogen and oxygen atoms in total. The molecule has 0 aliphatic heterocycles. The number of hydrogen-bond acceptors (Lipinski definition) is 4. The number of amides is 1. The van der Waals surface area contributed by atoms with Crippen LogP contribution >= 0.6 is 0 Å². The number of carbonyl (C=O) groups excluding carboxylic acids is 1. The quantitative estimate of drug-likeness (QED) is 0.608. The van der Waals surface area contributed by atoms with Gasteiger partial charge in [0.25, 0.3) is 0 Å². The Morgan fingerprint density at radius 2 is 2.08 bits per heavy atom. The van der Waals surface area contributed by atoms with Gasteiger partial charge in [0.2, 0.25) is 0 Å². The molecule has 6 heteroatoms. The second-order valence-corrected chi connectivity index (χ2v) is 2.34. The maximum atomic E-state index is 10.8. The molecule has 0 rings (SSSR count). The Hall–Kier alpha value is -1.30. The van der Waals surface area contributed by atoms with Crippen LogP contribution in [-0.2, 0) is 14.3 Å². The van der Waals surface area contributed by atoms with Gasteiger partial charge in [-0.25, -0.2) is 9.59 Å². The van der Waals surface area contributed by atoms with Crippen LogP contribution in [0, 0.1) is 0 Å². The fourth-order valence-corrected chi connectivity index (χ4v) is 0.608. The fourth-order valence-electron chi connectivity index (χ4n) is 0.608. The normalized spacial score (nSPS) is 9.38. The standard InChI is InChI=1S/C7H13NO5/c1-8(7(11)12-2)3-4-13-5-6(9)10/h3-5H2,1-2H3,(H,9,10). The SMILES string of the molecule is COC(=O)N(C)CCOCC(=O)O. The number of hydrogen-bond donors (Lipinski definition) is 1. The van der Waals surface area contributed by atoms with Crippen molar-refractivity contribution in [2.75, 3.05) is 33.9 Å². The molecule has 13 heavy (non-hydrogen) atoms. The number of likely N-dealkylation sites (N-methyl/N-ethyl adjacent to an activating group) is 1. The third-order valence-electron chi connectivity index (χ3n) is 1.28. The molecular weight excluding hydrogens is 178 g/mol. The van der Waals surface area contributed by atoms with Gasteiger partial charge in [0.1, 0.15) is 6.61 Å². The summed E-state index contributed by atoms with van der Waals surface area (Å²) < 4.78 is 9.12. The zero-order chi connectivity index (χ0) is 10.3. The molecule has 1 amide bonds. The van der Waals surface area contributed by atoms with E-state index in [1.807, 2.05) is 0 Å². The van der Waals surface area contributed by atoms with E-state index in [1.165, 1.54) is 19.1 Å². The Bertz CT molecular complexity index is 182. The molecule has 0 aliphatic carbocycles. The summed E-state index contributed by atoms with van der Waals surface area (Å²) in [5, 5.41) is 8.20. The first-order valence-electron chi connectivity index (χ1n) is 3.66. The lowest BCUT2D eigenvalue weighted by molar-refractivity contribution is -0.142. The van der Waals surface area contributed by atoms with Crippen molar-refractivity contribution in [2.24, 2.45) is 0 Å². The zero-order valence-corrected chi connectivity index (χ0v) is 7.65. The van der Waals surface area contributed by atoms with E-state index < -0.39 is 12.1 Å². The van der Waals surface area contributed by atoms with E-state index in [4.69, 9.17) is 9.84 Å². The number of carboxylic acids is 1. The van der Waals surface area contributed by atoms with Gasteiger partial charge >= 0.3 is 12.1 Å². The number of ether oxygens (including phenoxy) is 2. The molecule has 76 valence electrons. The lowest BCUT2D eigenvalue weighted by Crippen LogP contribution is -2.30. The predicted molar refractivity (Wildman–Crippen MR) is 43.5 cm³/mol. The second-order valence-electron chi connectivity index (χ2n) is 2.34. The summed E-state index contributed by atoms with van der Waals surface area (Å²) >= 11 is 0. The van der Waals surface area contributed by atoms with Gasteiger partial charge < -0.3 is 19.5 Å². The summed E-state index contributed by atoms with van der Waals surface area (Å²) in [6, 6.07) is 0. The molecule has 0 spiro atoms. The highest BCUT2D eigenvalue weighted by atomic mass is 16.5. The summed E-state index contributed by atoms with van der Waals surface area (Å²) in [4.78, 5) is 22.1. The van der Waals surface area contributed by atoms with Gasteiger partial charge in [-0.1, -0.05) is 0 Å². The number of aliphatic carboxylic acids is 1. The Kier molecular flexibility index (Phi) is 5.62. The summed E-state index contributed by atoms with van der Waals surface area (Å²) in [6.07, 6.45) is -0.473. The van der Waals surface area contributed by atoms with E-state index in [-0.39, 0.29) is 13.2 Å². The first-order valence-corrected chi connectivity index (χ1v) is 3.66. The van der Waals surface area contributed by atoms with Crippen LogP contribution in [0.5, 0.6) is 0 Å². The van der Waals surface area contributed by atoms with Gasteiger partial charge in [0.05, 0.1) is 13.7 Å². The average Bonchev–Trinajstić information content (AvgIpc) is 2.10. The molecule has 0 heterocycles. The second kappa shape index (κ2) is 6.24. The molecule has 0 fully saturated rings. The number of carbonyl (C=O) groups is 2. The number of carboxylic acid groups (broad SMARTS) is 1. The smallest absolute Gasteiger partial charge is 0.409 e. The molecule has 0 bridgehead atoms. The monoisotopic (exact) mass is 191 g/mol.